The number of aryl methyl sites for hydroxylation is 1. The van der Waals surface area contributed by atoms with E-state index in [9.17, 15) is 9.59 Å². The normalized spacial score (nSPS) is 11.0. The van der Waals surface area contributed by atoms with Crippen LogP contribution in [-0.4, -0.2) is 20.4 Å². The lowest BCUT2D eigenvalue weighted by Crippen LogP contribution is -2.27. The Kier molecular flexibility index (Phi) is 4.36. The Labute approximate surface area is 156 Å². The van der Waals surface area contributed by atoms with E-state index in [2.05, 4.69) is 15.3 Å². The van der Waals surface area contributed by atoms with Gasteiger partial charge in [-0.1, -0.05) is 29.8 Å². The molecule has 26 heavy (non-hydrogen) atoms. The number of benzene rings is 1. The molecule has 0 radical (unpaired) electrons. The maximum Gasteiger partial charge on any atom is 0.263 e. The molecule has 0 saturated heterocycles. The van der Waals surface area contributed by atoms with Crippen LogP contribution in [0.25, 0.3) is 21.3 Å². The van der Waals surface area contributed by atoms with Crippen molar-refractivity contribution >= 4 is 43.9 Å². The molecule has 1 N–H and O–H groups in total. The number of rotatable bonds is 4. The fraction of sp³-hybridized carbons (Fsp3) is 0.111. The van der Waals surface area contributed by atoms with Crippen LogP contribution in [-0.2, 0) is 11.3 Å². The Bertz CT molecular complexity index is 1130. The van der Waals surface area contributed by atoms with Crippen LogP contribution in [0, 0.1) is 6.92 Å². The zero-order chi connectivity index (χ0) is 18.1. The molecule has 130 valence electrons. The number of thiophene rings is 1. The molecule has 6 nitrogen and oxygen atoms in total. The Morgan fingerprint density at radius 3 is 2.73 bits per heavy atom. The van der Waals surface area contributed by atoms with Gasteiger partial charge in [0.25, 0.3) is 5.56 Å². The maximum absolute atomic E-state index is 12.9. The lowest BCUT2D eigenvalue weighted by Gasteiger charge is -2.06. The summed E-state index contributed by atoms with van der Waals surface area (Å²) in [6, 6.07) is 8.00. The van der Waals surface area contributed by atoms with Gasteiger partial charge in [-0.15, -0.1) is 22.7 Å². The summed E-state index contributed by atoms with van der Waals surface area (Å²) in [6.45, 7) is 1.91. The predicted octanol–water partition coefficient (Wildman–Crippen LogP) is 3.53. The van der Waals surface area contributed by atoms with Crippen molar-refractivity contribution in [1.82, 2.24) is 14.5 Å². The molecule has 1 aromatic carbocycles. The third-order valence-corrected chi connectivity index (χ3v) is 5.49. The highest BCUT2D eigenvalue weighted by Crippen LogP contribution is 2.30. The van der Waals surface area contributed by atoms with Gasteiger partial charge in [-0.25, -0.2) is 9.97 Å². The summed E-state index contributed by atoms with van der Waals surface area (Å²) in [5.41, 5.74) is 2.74. The largest absolute Gasteiger partial charge is 0.300 e. The lowest BCUT2D eigenvalue weighted by molar-refractivity contribution is -0.116. The summed E-state index contributed by atoms with van der Waals surface area (Å²) in [4.78, 5) is 34.1. The van der Waals surface area contributed by atoms with Crippen LogP contribution < -0.4 is 10.9 Å². The highest BCUT2D eigenvalue weighted by molar-refractivity contribution is 7.17. The number of nitrogens with one attached hydrogen (secondary N) is 1. The van der Waals surface area contributed by atoms with Crippen LogP contribution >= 0.6 is 22.7 Å². The van der Waals surface area contributed by atoms with Crippen molar-refractivity contribution in [3.63, 3.8) is 0 Å². The van der Waals surface area contributed by atoms with Crippen molar-refractivity contribution in [2.45, 2.75) is 13.5 Å². The smallest absolute Gasteiger partial charge is 0.263 e. The molecule has 8 heteroatoms. The van der Waals surface area contributed by atoms with Crippen LogP contribution in [0.15, 0.2) is 52.3 Å². The predicted molar refractivity (Wildman–Crippen MR) is 105 cm³/mol. The van der Waals surface area contributed by atoms with Gasteiger partial charge in [0.05, 0.1) is 11.7 Å². The van der Waals surface area contributed by atoms with Gasteiger partial charge in [0.15, 0.2) is 5.13 Å². The van der Waals surface area contributed by atoms with Gasteiger partial charge >= 0.3 is 0 Å². The number of hydrogen-bond acceptors (Lipinski definition) is 6. The molecule has 3 heterocycles. The van der Waals surface area contributed by atoms with Crippen LogP contribution in [0.5, 0.6) is 0 Å². The molecule has 0 aliphatic rings. The zero-order valence-electron chi connectivity index (χ0n) is 13.8. The van der Waals surface area contributed by atoms with E-state index in [0.29, 0.717) is 15.3 Å². The quantitative estimate of drug-likeness (QED) is 0.586. The zero-order valence-corrected chi connectivity index (χ0v) is 15.4. The van der Waals surface area contributed by atoms with E-state index in [1.54, 1.807) is 11.6 Å². The molecule has 0 bridgehead atoms. The number of amides is 1. The third-order valence-electron chi connectivity index (χ3n) is 3.92. The molecule has 4 aromatic rings. The Balaban J connectivity index is 1.70. The van der Waals surface area contributed by atoms with Gasteiger partial charge < -0.3 is 5.32 Å². The van der Waals surface area contributed by atoms with Crippen molar-refractivity contribution in [2.24, 2.45) is 0 Å². The van der Waals surface area contributed by atoms with Crippen LogP contribution in [0.4, 0.5) is 5.13 Å². The van der Waals surface area contributed by atoms with Crippen LogP contribution in [0.2, 0.25) is 0 Å². The van der Waals surface area contributed by atoms with E-state index in [-0.39, 0.29) is 18.0 Å². The Hall–Kier alpha value is -2.84. The average molecular weight is 382 g/mol. The number of carbonyl (C=O) groups excluding carboxylic acids is 1. The summed E-state index contributed by atoms with van der Waals surface area (Å²) in [7, 11) is 0. The second-order valence-corrected chi connectivity index (χ2v) is 7.51. The molecule has 4 rings (SSSR count). The highest BCUT2D eigenvalue weighted by atomic mass is 32.1. The summed E-state index contributed by atoms with van der Waals surface area (Å²) < 4.78 is 1.33. The molecule has 0 atom stereocenters. The van der Waals surface area contributed by atoms with E-state index in [1.165, 1.54) is 33.6 Å². The van der Waals surface area contributed by atoms with Gasteiger partial charge in [-0.3, -0.25) is 14.2 Å². The first-order valence-electron chi connectivity index (χ1n) is 7.85. The number of fused-ring (bicyclic) bond motifs is 1. The minimum atomic E-state index is -0.310. The fourth-order valence-electron chi connectivity index (χ4n) is 2.62. The maximum atomic E-state index is 12.9. The summed E-state index contributed by atoms with van der Waals surface area (Å²) in [5.74, 6) is -0.310. The summed E-state index contributed by atoms with van der Waals surface area (Å²) in [6.07, 6.45) is 3.03. The lowest BCUT2D eigenvalue weighted by atomic mass is 10.1. The number of anilines is 1. The third kappa shape index (κ3) is 3.16. The van der Waals surface area contributed by atoms with E-state index < -0.39 is 0 Å². The van der Waals surface area contributed by atoms with Crippen molar-refractivity contribution in [1.29, 1.82) is 0 Å². The molecule has 0 fully saturated rings. The number of hydrogen-bond donors (Lipinski definition) is 1. The van der Waals surface area contributed by atoms with E-state index in [4.69, 9.17) is 0 Å². The van der Waals surface area contributed by atoms with Gasteiger partial charge in [0.1, 0.15) is 11.4 Å². The van der Waals surface area contributed by atoms with E-state index >= 15 is 0 Å². The summed E-state index contributed by atoms with van der Waals surface area (Å²) in [5, 5.41) is 7.43. The number of carbonyl (C=O) groups is 1. The van der Waals surface area contributed by atoms with Crippen molar-refractivity contribution in [2.75, 3.05) is 5.32 Å². The monoisotopic (exact) mass is 382 g/mol. The molecule has 0 aliphatic heterocycles. The SMILES string of the molecule is Cc1ccc(-c2csc3ncn(CC(=O)Nc4nccs4)c(=O)c23)cc1. The molecule has 0 saturated carbocycles. The molecular weight excluding hydrogens is 368 g/mol. The molecule has 1 amide bonds. The van der Waals surface area contributed by atoms with Gasteiger partial charge in [-0.2, -0.15) is 0 Å². The standard InChI is InChI=1S/C18H14N4O2S2/c1-11-2-4-12(5-3-11)13-9-26-16-15(13)17(24)22(10-20-16)8-14(23)21-18-19-6-7-25-18/h2-7,9-10H,8H2,1H3,(H,19,21,23). The molecule has 0 spiro atoms. The van der Waals surface area contributed by atoms with Crippen LogP contribution in [0.1, 0.15) is 5.56 Å². The second-order valence-electron chi connectivity index (χ2n) is 5.76. The van der Waals surface area contributed by atoms with Gasteiger partial charge in [0, 0.05) is 22.5 Å². The molecule has 3 aromatic heterocycles. The van der Waals surface area contributed by atoms with E-state index in [1.807, 2.05) is 36.6 Å². The minimum Gasteiger partial charge on any atom is -0.300 e. The van der Waals surface area contributed by atoms with E-state index in [0.717, 1.165) is 16.7 Å². The average Bonchev–Trinajstić information content (AvgIpc) is 3.28. The van der Waals surface area contributed by atoms with Crippen LogP contribution in [0.3, 0.4) is 0 Å². The highest BCUT2D eigenvalue weighted by Gasteiger charge is 2.15. The molecule has 0 unspecified atom stereocenters. The first-order valence-corrected chi connectivity index (χ1v) is 9.61. The fourth-order valence-corrected chi connectivity index (χ4v) is 4.08. The first kappa shape index (κ1) is 16.6. The molecule has 0 aliphatic carbocycles. The first-order chi connectivity index (χ1) is 12.6. The van der Waals surface area contributed by atoms with Gasteiger partial charge in [0.2, 0.25) is 5.91 Å². The number of thiazole rings is 1. The second kappa shape index (κ2) is 6.81. The molecular formula is C18H14N4O2S2. The number of nitrogens with zero attached hydrogens (tertiary/aromatic N) is 3. The van der Waals surface area contributed by atoms with Crippen molar-refractivity contribution in [3.05, 3.63) is 63.5 Å². The van der Waals surface area contributed by atoms with Gasteiger partial charge in [-0.05, 0) is 12.5 Å². The minimum absolute atomic E-state index is 0.107. The topological polar surface area (TPSA) is 76.9 Å². The van der Waals surface area contributed by atoms with Crippen molar-refractivity contribution in [3.8, 4) is 11.1 Å². The Morgan fingerprint density at radius 2 is 2.00 bits per heavy atom. The number of aromatic nitrogens is 3. The van der Waals surface area contributed by atoms with Crippen molar-refractivity contribution < 1.29 is 4.79 Å². The summed E-state index contributed by atoms with van der Waals surface area (Å²) >= 11 is 2.75. The Morgan fingerprint density at radius 1 is 1.19 bits per heavy atom.